The summed E-state index contributed by atoms with van der Waals surface area (Å²) in [5, 5.41) is 11.4. The van der Waals surface area contributed by atoms with E-state index in [4.69, 9.17) is 0 Å². The predicted molar refractivity (Wildman–Crippen MR) is 239 cm³/mol. The number of benzene rings is 3. The fourth-order valence-corrected chi connectivity index (χ4v) is 9.63. The van der Waals surface area contributed by atoms with Crippen molar-refractivity contribution in [3.8, 4) is 11.1 Å². The molecule has 1 unspecified atom stereocenters. The first-order valence-electron chi connectivity index (χ1n) is 21.2. The monoisotopic (exact) mass is 744 g/mol. The minimum atomic E-state index is 0.437. The lowest BCUT2D eigenvalue weighted by molar-refractivity contribution is 0.703. The van der Waals surface area contributed by atoms with Crippen LogP contribution in [0.4, 0.5) is 11.4 Å². The number of hydrogen-bond acceptors (Lipinski definition) is 4. The molecule has 0 saturated carbocycles. The first-order chi connectivity index (χ1) is 28.2. The van der Waals surface area contributed by atoms with Gasteiger partial charge in [-0.25, -0.2) is 0 Å². The number of para-hydroxylation sites is 1. The fraction of sp³-hybridized carbons (Fsp3) is 0.245. The van der Waals surface area contributed by atoms with E-state index in [9.17, 15) is 0 Å². The molecular weight excluding hydrogens is 693 g/mol. The zero-order valence-corrected chi connectivity index (χ0v) is 33.1. The summed E-state index contributed by atoms with van der Waals surface area (Å²) in [4.78, 5) is 2.52. The van der Waals surface area contributed by atoms with Crippen LogP contribution in [0.15, 0.2) is 190 Å². The van der Waals surface area contributed by atoms with Crippen molar-refractivity contribution in [1.82, 2.24) is 16.0 Å². The van der Waals surface area contributed by atoms with Gasteiger partial charge in [-0.1, -0.05) is 110 Å². The summed E-state index contributed by atoms with van der Waals surface area (Å²) < 4.78 is 0. The zero-order chi connectivity index (χ0) is 38.1. The van der Waals surface area contributed by atoms with Crippen LogP contribution < -0.4 is 20.9 Å². The molecular formula is C53H52N4. The van der Waals surface area contributed by atoms with Gasteiger partial charge in [0.05, 0.1) is 11.4 Å². The van der Waals surface area contributed by atoms with Crippen molar-refractivity contribution in [3.63, 3.8) is 0 Å². The summed E-state index contributed by atoms with van der Waals surface area (Å²) in [6, 6.07) is 27.3. The Morgan fingerprint density at radius 2 is 1.58 bits per heavy atom. The molecule has 10 rings (SSSR count). The molecule has 0 radical (unpaired) electrons. The maximum absolute atomic E-state index is 4.14. The van der Waals surface area contributed by atoms with Gasteiger partial charge in [-0.15, -0.1) is 0 Å². The highest BCUT2D eigenvalue weighted by Gasteiger charge is 2.33. The number of fused-ring (bicyclic) bond motifs is 2. The summed E-state index contributed by atoms with van der Waals surface area (Å²) in [5.74, 6) is 0.437. The molecule has 3 N–H and O–H groups in total. The van der Waals surface area contributed by atoms with Gasteiger partial charge in [-0.2, -0.15) is 0 Å². The van der Waals surface area contributed by atoms with Gasteiger partial charge in [0, 0.05) is 47.0 Å². The van der Waals surface area contributed by atoms with Gasteiger partial charge in [0.15, 0.2) is 0 Å². The van der Waals surface area contributed by atoms with E-state index in [0.717, 1.165) is 71.0 Å². The maximum atomic E-state index is 4.14. The van der Waals surface area contributed by atoms with E-state index in [1.807, 2.05) is 0 Å². The van der Waals surface area contributed by atoms with Gasteiger partial charge in [-0.3, -0.25) is 0 Å². The van der Waals surface area contributed by atoms with Crippen molar-refractivity contribution in [1.29, 1.82) is 0 Å². The summed E-state index contributed by atoms with van der Waals surface area (Å²) in [6.07, 6.45) is 34.5. The Labute approximate surface area is 338 Å². The second-order valence-corrected chi connectivity index (χ2v) is 16.3. The summed E-state index contributed by atoms with van der Waals surface area (Å²) >= 11 is 0. The molecule has 284 valence electrons. The molecule has 3 aromatic rings. The normalized spacial score (nSPS) is 21.7. The Bertz CT molecular complexity index is 2470. The fourth-order valence-electron chi connectivity index (χ4n) is 9.63. The number of allylic oxidation sites excluding steroid dienone is 15. The molecule has 57 heavy (non-hydrogen) atoms. The average Bonchev–Trinajstić information content (AvgIpc) is 3.39. The van der Waals surface area contributed by atoms with Gasteiger partial charge >= 0.3 is 0 Å². The molecule has 4 aliphatic carbocycles. The maximum Gasteiger partial charge on any atom is 0.0559 e. The van der Waals surface area contributed by atoms with Crippen molar-refractivity contribution >= 4 is 22.6 Å². The third-order valence-corrected chi connectivity index (χ3v) is 12.5. The second kappa shape index (κ2) is 15.6. The Morgan fingerprint density at radius 1 is 0.702 bits per heavy atom. The van der Waals surface area contributed by atoms with Crippen LogP contribution in [0, 0.1) is 5.92 Å². The van der Waals surface area contributed by atoms with Crippen LogP contribution in [0.3, 0.4) is 0 Å². The van der Waals surface area contributed by atoms with Crippen LogP contribution in [0.1, 0.15) is 69.4 Å². The molecule has 3 aliphatic heterocycles. The Balaban J connectivity index is 1.06. The van der Waals surface area contributed by atoms with E-state index in [1.165, 1.54) is 95.4 Å². The molecule has 0 aromatic heterocycles. The van der Waals surface area contributed by atoms with E-state index in [2.05, 4.69) is 167 Å². The van der Waals surface area contributed by atoms with E-state index in [1.54, 1.807) is 0 Å². The first-order valence-corrected chi connectivity index (χ1v) is 21.2. The Kier molecular flexibility index (Phi) is 9.73. The van der Waals surface area contributed by atoms with E-state index in [-0.39, 0.29) is 0 Å². The van der Waals surface area contributed by atoms with Crippen molar-refractivity contribution in [2.24, 2.45) is 5.92 Å². The van der Waals surface area contributed by atoms with Crippen LogP contribution in [-0.4, -0.2) is 19.6 Å². The van der Waals surface area contributed by atoms with Crippen molar-refractivity contribution in [2.75, 3.05) is 24.5 Å². The minimum absolute atomic E-state index is 0.437. The van der Waals surface area contributed by atoms with Crippen LogP contribution in [0.5, 0.6) is 0 Å². The van der Waals surface area contributed by atoms with E-state index < -0.39 is 0 Å². The molecule has 0 fully saturated rings. The second-order valence-electron chi connectivity index (χ2n) is 16.3. The molecule has 4 heteroatoms. The number of rotatable bonds is 7. The van der Waals surface area contributed by atoms with Crippen molar-refractivity contribution in [3.05, 3.63) is 201 Å². The molecule has 0 spiro atoms. The Hall–Kier alpha value is -5.84. The molecule has 0 bridgehead atoms. The highest BCUT2D eigenvalue weighted by molar-refractivity contribution is 5.92. The van der Waals surface area contributed by atoms with Gasteiger partial charge in [0.1, 0.15) is 0 Å². The van der Waals surface area contributed by atoms with Crippen LogP contribution in [0.25, 0.3) is 22.4 Å². The van der Waals surface area contributed by atoms with E-state index >= 15 is 0 Å². The molecule has 3 heterocycles. The third kappa shape index (κ3) is 6.97. The quantitative estimate of drug-likeness (QED) is 0.225. The topological polar surface area (TPSA) is 39.3 Å². The number of nitrogens with zero attached hydrogens (tertiary/aromatic N) is 1. The van der Waals surface area contributed by atoms with Crippen LogP contribution >= 0.6 is 0 Å². The lowest BCUT2D eigenvalue weighted by atomic mass is 9.82. The van der Waals surface area contributed by atoms with Gasteiger partial charge in [-0.05, 0) is 150 Å². The van der Waals surface area contributed by atoms with Crippen LogP contribution in [-0.2, 0) is 0 Å². The lowest BCUT2D eigenvalue weighted by Crippen LogP contribution is -2.23. The van der Waals surface area contributed by atoms with Crippen LogP contribution in [0.2, 0.25) is 0 Å². The summed E-state index contributed by atoms with van der Waals surface area (Å²) in [7, 11) is 0. The molecule has 1 atom stereocenters. The molecule has 3 aromatic carbocycles. The first kappa shape index (κ1) is 35.6. The van der Waals surface area contributed by atoms with Crippen molar-refractivity contribution < 1.29 is 0 Å². The molecule has 4 nitrogen and oxygen atoms in total. The molecule has 0 amide bonds. The van der Waals surface area contributed by atoms with Gasteiger partial charge < -0.3 is 20.9 Å². The van der Waals surface area contributed by atoms with Crippen molar-refractivity contribution in [2.45, 2.75) is 58.3 Å². The predicted octanol–water partition coefficient (Wildman–Crippen LogP) is 12.0. The summed E-state index contributed by atoms with van der Waals surface area (Å²) in [5.41, 5.74) is 22.3. The highest BCUT2D eigenvalue weighted by atomic mass is 15.2. The standard InChI is InChI=1S/C53H52N4/c1-36-21-30-50-48(33-36)51(39-11-3-2-4-12-39)53(56-44-26-22-38(23-27-44)46-19-8-13-40-16-10-32-55-52(40)46)47-18-5-6-20-49(47)57(50)45-28-24-37(25-29-45)41-14-7-15-42(34-41)43-17-9-31-54-35-43/h3,5-7,10-18,20-22,24-26,28-30,34,36,54-56H,2,4,8-9,19,23,27,31-33,35H2,1H3. The minimum Gasteiger partial charge on any atom is -0.381 e. The third-order valence-electron chi connectivity index (χ3n) is 12.5. The SMILES string of the molecule is CC1C=CC2=C(C1)C(C1=CCCC=C1)=C(NC1=CC=C(C3=C4NCC=CC4=CCC3)CC1)c1ccccc1N2c1ccc(-c2cccc(C3=CCCNC3)c2)cc1. The largest absolute Gasteiger partial charge is 0.381 e. The number of anilines is 2. The summed E-state index contributed by atoms with van der Waals surface area (Å²) in [6.45, 7) is 5.26. The zero-order valence-electron chi connectivity index (χ0n) is 33.1. The van der Waals surface area contributed by atoms with Gasteiger partial charge in [0.25, 0.3) is 0 Å². The van der Waals surface area contributed by atoms with Gasteiger partial charge in [0.2, 0.25) is 0 Å². The van der Waals surface area contributed by atoms with E-state index in [0.29, 0.717) is 5.92 Å². The highest BCUT2D eigenvalue weighted by Crippen LogP contribution is 2.48. The number of nitrogens with one attached hydrogen (secondary N) is 3. The number of hydrogen-bond donors (Lipinski definition) is 3. The smallest absolute Gasteiger partial charge is 0.0559 e. The molecule has 0 saturated heterocycles. The molecule has 7 aliphatic rings. The average molecular weight is 745 g/mol. The lowest BCUT2D eigenvalue weighted by Gasteiger charge is -2.31. The Morgan fingerprint density at radius 3 is 2.42 bits per heavy atom.